The quantitative estimate of drug-likeness (QED) is 0.0222. The van der Waals surface area contributed by atoms with Crippen molar-refractivity contribution in [3.63, 3.8) is 0 Å². The zero-order chi connectivity index (χ0) is 64.7. The monoisotopic (exact) mass is 1280 g/mol. The molecule has 0 aromatic rings. The van der Waals surface area contributed by atoms with E-state index in [-0.39, 0.29) is 25.7 Å². The van der Waals surface area contributed by atoms with Gasteiger partial charge in [-0.2, -0.15) is 0 Å². The van der Waals surface area contributed by atoms with E-state index in [1.54, 1.807) is 0 Å². The molecule has 0 bridgehead atoms. The van der Waals surface area contributed by atoms with Gasteiger partial charge in [0.15, 0.2) is 12.2 Å². The van der Waals surface area contributed by atoms with Gasteiger partial charge in [0, 0.05) is 25.7 Å². The fraction of sp³-hybridized carbons (Fsp3) is 0.941. The van der Waals surface area contributed by atoms with Crippen molar-refractivity contribution in [3.8, 4) is 0 Å². The number of carbonyl (C=O) groups excluding carboxylic acids is 4. The zero-order valence-electron chi connectivity index (χ0n) is 56.6. The summed E-state index contributed by atoms with van der Waals surface area (Å²) in [5.74, 6) is 0.804. The molecule has 0 aliphatic rings. The van der Waals surface area contributed by atoms with Gasteiger partial charge in [-0.3, -0.25) is 37.3 Å². The van der Waals surface area contributed by atoms with Crippen LogP contribution in [0.4, 0.5) is 0 Å². The number of phosphoric acid groups is 2. The van der Waals surface area contributed by atoms with Crippen LogP contribution in [0.25, 0.3) is 0 Å². The molecule has 0 radical (unpaired) electrons. The van der Waals surface area contributed by atoms with Gasteiger partial charge in [0.05, 0.1) is 26.4 Å². The van der Waals surface area contributed by atoms with E-state index in [1.807, 2.05) is 0 Å². The number of rotatable bonds is 65. The number of unbranched alkanes of at least 4 members (excludes halogenated alkanes) is 29. The highest BCUT2D eigenvalue weighted by atomic mass is 31.2. The third-order valence-electron chi connectivity index (χ3n) is 16.3. The van der Waals surface area contributed by atoms with Crippen LogP contribution in [0.5, 0.6) is 0 Å². The molecule has 17 nitrogen and oxygen atoms in total. The maximum Gasteiger partial charge on any atom is 0.472 e. The lowest BCUT2D eigenvalue weighted by atomic mass is 9.99. The normalized spacial score (nSPS) is 15.0. The van der Waals surface area contributed by atoms with Gasteiger partial charge in [-0.1, -0.05) is 280 Å². The second-order valence-electron chi connectivity index (χ2n) is 26.0. The van der Waals surface area contributed by atoms with E-state index in [9.17, 15) is 43.2 Å². The lowest BCUT2D eigenvalue weighted by molar-refractivity contribution is -0.161. The maximum absolute atomic E-state index is 13.0. The smallest absolute Gasteiger partial charge is 0.462 e. The van der Waals surface area contributed by atoms with E-state index in [0.717, 1.165) is 108 Å². The summed E-state index contributed by atoms with van der Waals surface area (Å²) in [4.78, 5) is 72.3. The van der Waals surface area contributed by atoms with Crippen LogP contribution in [-0.2, 0) is 65.4 Å². The molecule has 0 saturated carbocycles. The van der Waals surface area contributed by atoms with Gasteiger partial charge in [-0.05, 0) is 49.4 Å². The summed E-state index contributed by atoms with van der Waals surface area (Å²) in [6, 6.07) is 0. The summed E-state index contributed by atoms with van der Waals surface area (Å²) in [6.45, 7) is 14.0. The largest absolute Gasteiger partial charge is 0.472 e. The standard InChI is InChI=1S/C68H132O17P2/c1-9-60(7)46-38-30-21-17-15-13-11-12-14-16-18-22-32-40-48-65(70)78-54-63(84-67(72)50-42-34-26-24-29-37-45-59(5)6)56-82-86(74,75)80-52-62(69)53-81-87(76,77)83-57-64(85-68(73)51-43-35-27-25-31-39-47-61(8)10-2)55-79-66(71)49-41-33-23-19-20-28-36-44-58(3)4/h58-64,69H,9-57H2,1-8H3,(H,74,75)(H,76,77)/t60?,61?,62?,63-,64-/m1/s1. The molecule has 0 heterocycles. The van der Waals surface area contributed by atoms with Crippen molar-refractivity contribution < 1.29 is 80.2 Å². The van der Waals surface area contributed by atoms with Gasteiger partial charge in [0.25, 0.3) is 0 Å². The lowest BCUT2D eigenvalue weighted by Crippen LogP contribution is -2.30. The summed E-state index contributed by atoms with van der Waals surface area (Å²) in [5.41, 5.74) is 0. The fourth-order valence-electron chi connectivity index (χ4n) is 10.1. The first-order valence-corrected chi connectivity index (χ1v) is 38.3. The number of aliphatic hydroxyl groups is 1. The van der Waals surface area contributed by atoms with E-state index < -0.39 is 97.5 Å². The number of phosphoric ester groups is 2. The van der Waals surface area contributed by atoms with Crippen LogP contribution in [0.2, 0.25) is 0 Å². The highest BCUT2D eigenvalue weighted by Gasteiger charge is 2.30. The Morgan fingerprint density at radius 3 is 0.816 bits per heavy atom. The molecule has 0 aromatic heterocycles. The first-order valence-electron chi connectivity index (χ1n) is 35.3. The van der Waals surface area contributed by atoms with Crippen molar-refractivity contribution in [2.75, 3.05) is 39.6 Å². The molecule has 0 aliphatic carbocycles. The summed E-state index contributed by atoms with van der Waals surface area (Å²) in [7, 11) is -9.89. The SMILES string of the molecule is CCC(C)CCCCCCCCCCCCCCCCC(=O)OC[C@H](COP(=O)(O)OCC(O)COP(=O)(O)OC[C@@H](COC(=O)CCCCCCCCCC(C)C)OC(=O)CCCCCCCCC(C)CC)OC(=O)CCCCCCCCC(C)C. The van der Waals surface area contributed by atoms with E-state index in [4.69, 9.17) is 37.0 Å². The first kappa shape index (κ1) is 85.1. The minimum atomic E-state index is -4.95. The molecular formula is C68H132O17P2. The third kappa shape index (κ3) is 60.1. The van der Waals surface area contributed by atoms with Gasteiger partial charge in [-0.25, -0.2) is 9.13 Å². The second-order valence-corrected chi connectivity index (χ2v) is 28.9. The van der Waals surface area contributed by atoms with Crippen LogP contribution in [0.3, 0.4) is 0 Å². The Morgan fingerprint density at radius 1 is 0.322 bits per heavy atom. The Kier molecular flexibility index (Phi) is 56.6. The molecule has 19 heteroatoms. The first-order chi connectivity index (χ1) is 41.7. The maximum atomic E-state index is 13.0. The molecule has 0 amide bonds. The number of hydrogen-bond acceptors (Lipinski definition) is 15. The highest BCUT2D eigenvalue weighted by molar-refractivity contribution is 7.47. The molecule has 0 spiro atoms. The van der Waals surface area contributed by atoms with Crippen molar-refractivity contribution in [1.29, 1.82) is 0 Å². The van der Waals surface area contributed by atoms with Gasteiger partial charge in [0.1, 0.15) is 19.3 Å². The van der Waals surface area contributed by atoms with Crippen LogP contribution in [0, 0.1) is 23.7 Å². The van der Waals surface area contributed by atoms with Crippen LogP contribution in [0.1, 0.15) is 331 Å². The van der Waals surface area contributed by atoms with Crippen LogP contribution < -0.4 is 0 Å². The van der Waals surface area contributed by atoms with Crippen molar-refractivity contribution in [1.82, 2.24) is 0 Å². The van der Waals surface area contributed by atoms with Gasteiger partial charge >= 0.3 is 39.5 Å². The molecule has 7 atom stereocenters. The Labute approximate surface area is 530 Å². The van der Waals surface area contributed by atoms with Gasteiger partial charge in [-0.15, -0.1) is 0 Å². The predicted molar refractivity (Wildman–Crippen MR) is 349 cm³/mol. The number of hydrogen-bond donors (Lipinski definition) is 3. The van der Waals surface area contributed by atoms with E-state index >= 15 is 0 Å². The summed E-state index contributed by atoms with van der Waals surface area (Å²) >= 11 is 0. The molecule has 3 N–H and O–H groups in total. The van der Waals surface area contributed by atoms with E-state index in [1.165, 1.54) is 128 Å². The lowest BCUT2D eigenvalue weighted by Gasteiger charge is -2.21. The third-order valence-corrected chi connectivity index (χ3v) is 18.2. The molecular weight excluding hydrogens is 1150 g/mol. The Hall–Kier alpha value is -1.94. The molecule has 0 saturated heterocycles. The summed E-state index contributed by atoms with van der Waals surface area (Å²) in [5, 5.41) is 10.6. The Bertz CT molecular complexity index is 1730. The average molecular weight is 1280 g/mol. The van der Waals surface area contributed by atoms with Gasteiger partial charge < -0.3 is 33.8 Å². The molecule has 87 heavy (non-hydrogen) atoms. The Morgan fingerprint density at radius 2 is 0.552 bits per heavy atom. The molecule has 0 rings (SSSR count). The molecule has 5 unspecified atom stereocenters. The number of carbonyl (C=O) groups is 4. The molecule has 516 valence electrons. The van der Waals surface area contributed by atoms with Crippen LogP contribution in [0.15, 0.2) is 0 Å². The van der Waals surface area contributed by atoms with Crippen molar-refractivity contribution >= 4 is 39.5 Å². The van der Waals surface area contributed by atoms with E-state index in [0.29, 0.717) is 37.5 Å². The average Bonchev–Trinajstić information content (AvgIpc) is 3.68. The predicted octanol–water partition coefficient (Wildman–Crippen LogP) is 18.9. The minimum Gasteiger partial charge on any atom is -0.462 e. The van der Waals surface area contributed by atoms with E-state index in [2.05, 4.69) is 55.4 Å². The second kappa shape index (κ2) is 57.9. The fourth-order valence-corrected chi connectivity index (χ4v) is 11.7. The highest BCUT2D eigenvalue weighted by Crippen LogP contribution is 2.45. The molecule has 0 aromatic carbocycles. The van der Waals surface area contributed by atoms with Crippen LogP contribution in [-0.4, -0.2) is 96.7 Å². The molecule has 0 fully saturated rings. The van der Waals surface area contributed by atoms with Crippen molar-refractivity contribution in [2.24, 2.45) is 23.7 Å². The van der Waals surface area contributed by atoms with Crippen molar-refractivity contribution in [3.05, 3.63) is 0 Å². The molecule has 0 aliphatic heterocycles. The Balaban J connectivity index is 5.17. The zero-order valence-corrected chi connectivity index (χ0v) is 58.4. The van der Waals surface area contributed by atoms with Crippen LogP contribution >= 0.6 is 15.6 Å². The topological polar surface area (TPSA) is 237 Å². The number of esters is 4. The van der Waals surface area contributed by atoms with Crippen molar-refractivity contribution in [2.45, 2.75) is 350 Å². The number of aliphatic hydroxyl groups excluding tert-OH is 1. The summed E-state index contributed by atoms with van der Waals surface area (Å²) < 4.78 is 68.1. The minimum absolute atomic E-state index is 0.101. The van der Waals surface area contributed by atoms with Gasteiger partial charge in [0.2, 0.25) is 0 Å². The number of ether oxygens (including phenoxy) is 4. The summed E-state index contributed by atoms with van der Waals surface area (Å²) in [6.07, 6.45) is 39.3.